The highest BCUT2D eigenvalue weighted by Gasteiger charge is 2.70. The molecule has 4 aliphatic rings. The second-order valence-corrected chi connectivity index (χ2v) is 12.2. The molecule has 0 spiro atoms. The van der Waals surface area contributed by atoms with Gasteiger partial charge in [0.05, 0.1) is 12.0 Å². The van der Waals surface area contributed by atoms with E-state index >= 15 is 0 Å². The fourth-order valence-electron chi connectivity index (χ4n) is 8.13. The number of carbonyl (C=O) groups excluding carboxylic acids is 4. The normalized spacial score (nSPS) is 40.4. The van der Waals surface area contributed by atoms with Gasteiger partial charge in [0, 0.05) is 23.9 Å². The summed E-state index contributed by atoms with van der Waals surface area (Å²) in [5, 5.41) is 11.7. The average molecular weight is 517 g/mol. The third-order valence-electron chi connectivity index (χ3n) is 9.76. The number of methoxy groups -OCH3 is 1. The molecule has 0 bridgehead atoms. The van der Waals surface area contributed by atoms with E-state index in [1.165, 1.54) is 7.11 Å². The molecule has 2 unspecified atom stereocenters. The molecule has 0 saturated heterocycles. The summed E-state index contributed by atoms with van der Waals surface area (Å²) in [5.74, 6) is -2.01. The van der Waals surface area contributed by atoms with Crippen molar-refractivity contribution >= 4 is 23.5 Å². The van der Waals surface area contributed by atoms with E-state index < -0.39 is 52.8 Å². The predicted molar refractivity (Wildman–Crippen MR) is 134 cm³/mol. The Labute approximate surface area is 218 Å². The molecule has 0 heterocycles. The number of allylic oxidation sites excluding steroid dienone is 4. The third-order valence-corrected chi connectivity index (χ3v) is 9.76. The first-order chi connectivity index (χ1) is 17.3. The maximum Gasteiger partial charge on any atom is 0.332 e. The van der Waals surface area contributed by atoms with Crippen LogP contribution in [0.25, 0.3) is 0 Å². The molecule has 3 saturated carbocycles. The molecule has 0 aromatic heterocycles. The van der Waals surface area contributed by atoms with Crippen LogP contribution in [-0.2, 0) is 33.4 Å². The molecule has 3 fully saturated rings. The predicted octanol–water partition coefficient (Wildman–Crippen LogP) is 3.21. The zero-order valence-corrected chi connectivity index (χ0v) is 22.7. The number of esters is 2. The van der Waals surface area contributed by atoms with Gasteiger partial charge in [0.15, 0.2) is 18.0 Å². The van der Waals surface area contributed by atoms with Crippen LogP contribution in [0.15, 0.2) is 23.8 Å². The molecule has 8 nitrogen and oxygen atoms in total. The lowest BCUT2D eigenvalue weighted by molar-refractivity contribution is -0.204. The van der Waals surface area contributed by atoms with Crippen molar-refractivity contribution in [2.45, 2.75) is 72.0 Å². The molecule has 4 rings (SSSR count). The van der Waals surface area contributed by atoms with E-state index in [1.54, 1.807) is 26.0 Å². The summed E-state index contributed by atoms with van der Waals surface area (Å²) in [7, 11) is 1.36. The summed E-state index contributed by atoms with van der Waals surface area (Å²) in [4.78, 5) is 50.9. The maximum atomic E-state index is 13.8. The minimum absolute atomic E-state index is 0.00587. The summed E-state index contributed by atoms with van der Waals surface area (Å²) in [6.07, 6.45) is 6.50. The van der Waals surface area contributed by atoms with Gasteiger partial charge in [-0.3, -0.25) is 14.4 Å². The first-order valence-corrected chi connectivity index (χ1v) is 13.3. The van der Waals surface area contributed by atoms with Gasteiger partial charge in [0.2, 0.25) is 5.78 Å². The summed E-state index contributed by atoms with van der Waals surface area (Å²) in [6.45, 7) is 8.80. The van der Waals surface area contributed by atoms with E-state index in [9.17, 15) is 24.3 Å². The van der Waals surface area contributed by atoms with Gasteiger partial charge in [-0.15, -0.1) is 0 Å². The molecule has 8 heteroatoms. The average Bonchev–Trinajstić information content (AvgIpc) is 3.11. The number of carbonyl (C=O) groups is 4. The van der Waals surface area contributed by atoms with Crippen molar-refractivity contribution in [2.24, 2.45) is 40.4 Å². The van der Waals surface area contributed by atoms with Gasteiger partial charge in [-0.1, -0.05) is 46.3 Å². The molecule has 37 heavy (non-hydrogen) atoms. The lowest BCUT2D eigenvalue weighted by Crippen LogP contribution is -2.63. The van der Waals surface area contributed by atoms with Crippen LogP contribution in [0.2, 0.25) is 0 Å². The molecule has 4 aliphatic carbocycles. The first kappa shape index (κ1) is 27.7. The van der Waals surface area contributed by atoms with Gasteiger partial charge in [-0.2, -0.15) is 0 Å². The molecule has 8 atom stereocenters. The molecule has 0 amide bonds. The minimum atomic E-state index is -1.50. The zero-order chi connectivity index (χ0) is 27.3. The second-order valence-electron chi connectivity index (χ2n) is 12.2. The first-order valence-electron chi connectivity index (χ1n) is 13.3. The van der Waals surface area contributed by atoms with Crippen molar-refractivity contribution in [3.8, 4) is 0 Å². The molecular formula is C29H40O8. The Morgan fingerprint density at radius 2 is 1.89 bits per heavy atom. The standard InChI is InChI=1S/C29H40O8/c1-16(2)26(34)37-29(23(32)14-36-24(33)15-35-6)10-8-20-19-11-17(3)21-12-18(30)7-9-27(21,4)25(19)22(31)13-28(20,29)5/h7,9,12,16-17,19-20,22,25,31H,8,10-11,13-15H2,1-6H3/t17?,19-,20-,22?,25+,27-,28-,29-/m0/s1. The SMILES string of the molecule is COCC(=O)OCC(=O)[C@@]1(OC(=O)C(C)C)CC[C@H]2[C@@H]3CC(C)C4=CC(=O)C=C[C@]4(C)[C@H]3C(O)C[C@@]21C. The molecule has 0 aromatic carbocycles. The topological polar surface area (TPSA) is 116 Å². The van der Waals surface area contributed by atoms with Crippen LogP contribution in [0.3, 0.4) is 0 Å². The lowest BCUT2D eigenvalue weighted by atomic mass is 9.44. The highest BCUT2D eigenvalue weighted by atomic mass is 16.6. The number of Topliss-reactive ketones (excluding diaryl/α,β-unsaturated/α-hetero) is 1. The van der Waals surface area contributed by atoms with Crippen molar-refractivity contribution in [3.05, 3.63) is 23.8 Å². The van der Waals surface area contributed by atoms with E-state index in [-0.39, 0.29) is 42.5 Å². The summed E-state index contributed by atoms with van der Waals surface area (Å²) >= 11 is 0. The smallest absolute Gasteiger partial charge is 0.332 e. The van der Waals surface area contributed by atoms with Crippen molar-refractivity contribution < 1.29 is 38.5 Å². The second kappa shape index (κ2) is 9.77. The van der Waals surface area contributed by atoms with Gasteiger partial charge < -0.3 is 19.3 Å². The quantitative estimate of drug-likeness (QED) is 0.513. The number of hydrogen-bond donors (Lipinski definition) is 1. The van der Waals surface area contributed by atoms with Crippen LogP contribution in [-0.4, -0.2) is 60.6 Å². The van der Waals surface area contributed by atoms with Gasteiger partial charge >= 0.3 is 11.9 Å². The van der Waals surface area contributed by atoms with Crippen molar-refractivity contribution in [2.75, 3.05) is 20.3 Å². The van der Waals surface area contributed by atoms with Gasteiger partial charge in [-0.25, -0.2) is 4.79 Å². The third kappa shape index (κ3) is 4.30. The number of aliphatic hydroxyl groups is 1. The van der Waals surface area contributed by atoms with Crippen molar-refractivity contribution in [1.82, 2.24) is 0 Å². The maximum absolute atomic E-state index is 13.8. The van der Waals surface area contributed by atoms with Crippen LogP contribution < -0.4 is 0 Å². The molecule has 1 N–H and O–H groups in total. The van der Waals surface area contributed by atoms with Crippen LogP contribution >= 0.6 is 0 Å². The van der Waals surface area contributed by atoms with E-state index in [2.05, 4.69) is 13.8 Å². The highest BCUT2D eigenvalue weighted by molar-refractivity contribution is 6.01. The Balaban J connectivity index is 1.72. The Morgan fingerprint density at radius 1 is 1.19 bits per heavy atom. The van der Waals surface area contributed by atoms with Gasteiger partial charge in [-0.05, 0) is 55.6 Å². The van der Waals surface area contributed by atoms with E-state index in [1.807, 2.05) is 13.0 Å². The molecule has 0 aromatic rings. The van der Waals surface area contributed by atoms with Crippen molar-refractivity contribution in [1.29, 1.82) is 0 Å². The van der Waals surface area contributed by atoms with Gasteiger partial charge in [0.1, 0.15) is 6.61 Å². The molecular weight excluding hydrogens is 476 g/mol. The van der Waals surface area contributed by atoms with Crippen LogP contribution in [0.1, 0.15) is 60.3 Å². The summed E-state index contributed by atoms with van der Waals surface area (Å²) < 4.78 is 16.1. The number of fused-ring (bicyclic) bond motifs is 5. The highest BCUT2D eigenvalue weighted by Crippen LogP contribution is 2.68. The van der Waals surface area contributed by atoms with Gasteiger partial charge in [0.25, 0.3) is 0 Å². The Bertz CT molecular complexity index is 1040. The largest absolute Gasteiger partial charge is 0.456 e. The molecule has 0 radical (unpaired) electrons. The van der Waals surface area contributed by atoms with E-state index in [0.29, 0.717) is 12.8 Å². The van der Waals surface area contributed by atoms with Crippen LogP contribution in [0.5, 0.6) is 0 Å². The Kier molecular flexibility index (Phi) is 7.32. The van der Waals surface area contributed by atoms with Crippen LogP contribution in [0, 0.1) is 40.4 Å². The zero-order valence-electron chi connectivity index (χ0n) is 22.7. The van der Waals surface area contributed by atoms with Crippen LogP contribution in [0.4, 0.5) is 0 Å². The molecule has 204 valence electrons. The number of hydrogen-bond acceptors (Lipinski definition) is 8. The van der Waals surface area contributed by atoms with Crippen molar-refractivity contribution in [3.63, 3.8) is 0 Å². The minimum Gasteiger partial charge on any atom is -0.456 e. The lowest BCUT2D eigenvalue weighted by Gasteiger charge is -2.61. The summed E-state index contributed by atoms with van der Waals surface area (Å²) in [6, 6.07) is 0. The molecule has 0 aliphatic heterocycles. The number of ketones is 2. The Morgan fingerprint density at radius 3 is 2.54 bits per heavy atom. The fourth-order valence-corrected chi connectivity index (χ4v) is 8.13. The van der Waals surface area contributed by atoms with E-state index in [4.69, 9.17) is 14.2 Å². The number of ether oxygens (including phenoxy) is 3. The number of rotatable bonds is 7. The number of aliphatic hydroxyl groups excluding tert-OH is 1. The van der Waals surface area contributed by atoms with E-state index in [0.717, 1.165) is 12.0 Å². The Hall–Kier alpha value is -2.32. The summed E-state index contributed by atoms with van der Waals surface area (Å²) in [5.41, 5.74) is -1.75. The monoisotopic (exact) mass is 516 g/mol. The fraction of sp³-hybridized carbons (Fsp3) is 0.724.